The van der Waals surface area contributed by atoms with Gasteiger partial charge in [0.1, 0.15) is 0 Å². The van der Waals surface area contributed by atoms with E-state index in [1.54, 1.807) is 12.4 Å². The Morgan fingerprint density at radius 3 is 2.87 bits per heavy atom. The molecule has 0 unspecified atom stereocenters. The standard InChI is InChI=1S/C12H18N2O/c15-12(11-5-8-14-9-11)2-1-10-3-6-13-7-4-10/h5,8-10,13-14H,1-4,6-7H2. The lowest BCUT2D eigenvalue weighted by molar-refractivity contribution is 0.0971. The first-order valence-corrected chi connectivity index (χ1v) is 5.73. The average Bonchev–Trinajstić information content (AvgIpc) is 2.81. The molecule has 2 heterocycles. The predicted octanol–water partition coefficient (Wildman–Crippen LogP) is 1.98. The van der Waals surface area contributed by atoms with Gasteiger partial charge in [-0.15, -0.1) is 0 Å². The van der Waals surface area contributed by atoms with Crippen molar-refractivity contribution in [2.24, 2.45) is 5.92 Å². The Hall–Kier alpha value is -1.09. The smallest absolute Gasteiger partial charge is 0.164 e. The van der Waals surface area contributed by atoms with E-state index in [1.165, 1.54) is 12.8 Å². The van der Waals surface area contributed by atoms with Gasteiger partial charge in [0, 0.05) is 24.4 Å². The number of Topliss-reactive ketones (excluding diaryl/α,β-unsaturated/α-hetero) is 1. The summed E-state index contributed by atoms with van der Waals surface area (Å²) in [5.41, 5.74) is 0.823. The predicted molar refractivity (Wildman–Crippen MR) is 60.0 cm³/mol. The van der Waals surface area contributed by atoms with E-state index in [1.807, 2.05) is 6.07 Å². The van der Waals surface area contributed by atoms with Gasteiger partial charge < -0.3 is 10.3 Å². The van der Waals surface area contributed by atoms with E-state index in [0.29, 0.717) is 6.42 Å². The minimum Gasteiger partial charge on any atom is -0.367 e. The highest BCUT2D eigenvalue weighted by atomic mass is 16.1. The zero-order chi connectivity index (χ0) is 10.5. The molecule has 0 spiro atoms. The fourth-order valence-electron chi connectivity index (χ4n) is 2.15. The second-order valence-corrected chi connectivity index (χ2v) is 4.25. The topological polar surface area (TPSA) is 44.9 Å². The van der Waals surface area contributed by atoms with Gasteiger partial charge in [-0.05, 0) is 44.3 Å². The van der Waals surface area contributed by atoms with Crippen LogP contribution in [-0.2, 0) is 0 Å². The minimum absolute atomic E-state index is 0.273. The van der Waals surface area contributed by atoms with E-state index in [9.17, 15) is 4.79 Å². The van der Waals surface area contributed by atoms with Gasteiger partial charge in [0.25, 0.3) is 0 Å². The van der Waals surface area contributed by atoms with Crippen molar-refractivity contribution in [2.45, 2.75) is 25.7 Å². The SMILES string of the molecule is O=C(CCC1CCNCC1)c1cc[nH]c1. The number of aromatic amines is 1. The lowest BCUT2D eigenvalue weighted by Gasteiger charge is -2.21. The van der Waals surface area contributed by atoms with Gasteiger partial charge in [0.15, 0.2) is 5.78 Å². The van der Waals surface area contributed by atoms with Crippen LogP contribution in [0, 0.1) is 5.92 Å². The third kappa shape index (κ3) is 2.93. The highest BCUT2D eigenvalue weighted by Crippen LogP contribution is 2.19. The number of carbonyl (C=O) groups is 1. The maximum absolute atomic E-state index is 11.7. The van der Waals surface area contributed by atoms with E-state index in [4.69, 9.17) is 0 Å². The van der Waals surface area contributed by atoms with E-state index in [2.05, 4.69) is 10.3 Å². The molecular formula is C12H18N2O. The molecule has 0 bridgehead atoms. The summed E-state index contributed by atoms with van der Waals surface area (Å²) in [5.74, 6) is 1.02. The zero-order valence-corrected chi connectivity index (χ0v) is 8.96. The summed E-state index contributed by atoms with van der Waals surface area (Å²) in [6.45, 7) is 2.23. The van der Waals surface area contributed by atoms with Gasteiger partial charge in [-0.25, -0.2) is 0 Å². The Morgan fingerprint density at radius 2 is 2.20 bits per heavy atom. The van der Waals surface area contributed by atoms with Crippen molar-refractivity contribution in [3.05, 3.63) is 24.0 Å². The van der Waals surface area contributed by atoms with E-state index in [-0.39, 0.29) is 5.78 Å². The summed E-state index contributed by atoms with van der Waals surface area (Å²) in [7, 11) is 0. The van der Waals surface area contributed by atoms with Gasteiger partial charge in [-0.2, -0.15) is 0 Å². The Balaban J connectivity index is 1.75. The number of ketones is 1. The number of rotatable bonds is 4. The Morgan fingerprint density at radius 1 is 1.40 bits per heavy atom. The normalized spacial score (nSPS) is 17.9. The summed E-state index contributed by atoms with van der Waals surface area (Å²) >= 11 is 0. The van der Waals surface area contributed by atoms with Crippen molar-refractivity contribution >= 4 is 5.78 Å². The molecule has 1 fully saturated rings. The summed E-state index contributed by atoms with van der Waals surface area (Å²) < 4.78 is 0. The maximum atomic E-state index is 11.7. The summed E-state index contributed by atoms with van der Waals surface area (Å²) in [6.07, 6.45) is 7.78. The molecule has 1 aliphatic rings. The molecule has 0 aromatic carbocycles. The highest BCUT2D eigenvalue weighted by Gasteiger charge is 2.15. The van der Waals surface area contributed by atoms with Crippen LogP contribution >= 0.6 is 0 Å². The number of hydrogen-bond acceptors (Lipinski definition) is 2. The molecule has 1 aliphatic heterocycles. The molecule has 0 amide bonds. The third-order valence-corrected chi connectivity index (χ3v) is 3.16. The van der Waals surface area contributed by atoms with Crippen molar-refractivity contribution in [1.29, 1.82) is 0 Å². The third-order valence-electron chi connectivity index (χ3n) is 3.16. The Labute approximate surface area is 90.3 Å². The second-order valence-electron chi connectivity index (χ2n) is 4.25. The van der Waals surface area contributed by atoms with Crippen molar-refractivity contribution in [2.75, 3.05) is 13.1 Å². The first kappa shape index (κ1) is 10.4. The van der Waals surface area contributed by atoms with Crippen molar-refractivity contribution in [1.82, 2.24) is 10.3 Å². The van der Waals surface area contributed by atoms with Crippen LogP contribution in [0.25, 0.3) is 0 Å². The molecule has 1 aromatic rings. The molecule has 0 atom stereocenters. The molecule has 3 heteroatoms. The minimum atomic E-state index is 0.273. The number of hydrogen-bond donors (Lipinski definition) is 2. The molecule has 2 rings (SSSR count). The van der Waals surface area contributed by atoms with Crippen LogP contribution < -0.4 is 5.32 Å². The first-order valence-electron chi connectivity index (χ1n) is 5.73. The number of carbonyl (C=O) groups excluding carboxylic acids is 1. The summed E-state index contributed by atoms with van der Waals surface area (Å²) in [5, 5.41) is 3.34. The Bertz CT molecular complexity index is 299. The van der Waals surface area contributed by atoms with Crippen LogP contribution in [0.15, 0.2) is 18.5 Å². The number of nitrogens with one attached hydrogen (secondary N) is 2. The summed E-state index contributed by atoms with van der Waals surface area (Å²) in [4.78, 5) is 14.6. The van der Waals surface area contributed by atoms with Crippen molar-refractivity contribution in [3.8, 4) is 0 Å². The van der Waals surface area contributed by atoms with Crippen molar-refractivity contribution in [3.63, 3.8) is 0 Å². The molecule has 1 saturated heterocycles. The fraction of sp³-hybridized carbons (Fsp3) is 0.583. The van der Waals surface area contributed by atoms with Gasteiger partial charge in [0.05, 0.1) is 0 Å². The van der Waals surface area contributed by atoms with Crippen LogP contribution in [-0.4, -0.2) is 23.9 Å². The number of piperidine rings is 1. The lowest BCUT2D eigenvalue weighted by Crippen LogP contribution is -2.27. The Kier molecular flexibility index (Phi) is 3.56. The molecule has 1 aromatic heterocycles. The zero-order valence-electron chi connectivity index (χ0n) is 8.96. The molecule has 15 heavy (non-hydrogen) atoms. The maximum Gasteiger partial charge on any atom is 0.164 e. The highest BCUT2D eigenvalue weighted by molar-refractivity contribution is 5.95. The largest absolute Gasteiger partial charge is 0.367 e. The molecule has 3 nitrogen and oxygen atoms in total. The number of aromatic nitrogens is 1. The van der Waals surface area contributed by atoms with Gasteiger partial charge in [0.2, 0.25) is 0 Å². The van der Waals surface area contributed by atoms with Crippen LogP contribution in [0.2, 0.25) is 0 Å². The molecular weight excluding hydrogens is 188 g/mol. The van der Waals surface area contributed by atoms with Crippen LogP contribution in [0.4, 0.5) is 0 Å². The van der Waals surface area contributed by atoms with Crippen molar-refractivity contribution < 1.29 is 4.79 Å². The molecule has 0 saturated carbocycles. The van der Waals surface area contributed by atoms with Gasteiger partial charge in [-0.1, -0.05) is 0 Å². The molecule has 0 radical (unpaired) electrons. The van der Waals surface area contributed by atoms with Gasteiger partial charge >= 0.3 is 0 Å². The monoisotopic (exact) mass is 206 g/mol. The lowest BCUT2D eigenvalue weighted by atomic mass is 9.91. The van der Waals surface area contributed by atoms with Gasteiger partial charge in [-0.3, -0.25) is 4.79 Å². The molecule has 2 N–H and O–H groups in total. The van der Waals surface area contributed by atoms with Crippen LogP contribution in [0.3, 0.4) is 0 Å². The van der Waals surface area contributed by atoms with Crippen LogP contribution in [0.1, 0.15) is 36.0 Å². The van der Waals surface area contributed by atoms with Crippen LogP contribution in [0.5, 0.6) is 0 Å². The average molecular weight is 206 g/mol. The summed E-state index contributed by atoms with van der Waals surface area (Å²) in [6, 6.07) is 1.85. The molecule has 0 aliphatic carbocycles. The number of H-pyrrole nitrogens is 1. The molecule has 82 valence electrons. The fourth-order valence-corrected chi connectivity index (χ4v) is 2.15. The van der Waals surface area contributed by atoms with E-state index < -0.39 is 0 Å². The van der Waals surface area contributed by atoms with E-state index in [0.717, 1.165) is 31.0 Å². The quantitative estimate of drug-likeness (QED) is 0.740. The second kappa shape index (κ2) is 5.12. The van der Waals surface area contributed by atoms with E-state index >= 15 is 0 Å². The first-order chi connectivity index (χ1) is 7.36.